The van der Waals surface area contributed by atoms with Crippen molar-refractivity contribution in [2.75, 3.05) is 5.32 Å². The number of nitrogens with zero attached hydrogens (tertiary/aromatic N) is 2. The summed E-state index contributed by atoms with van der Waals surface area (Å²) < 4.78 is 13.2. The molecule has 0 aliphatic rings. The van der Waals surface area contributed by atoms with Crippen LogP contribution in [0.5, 0.6) is 0 Å². The molecule has 1 aromatic heterocycles. The van der Waals surface area contributed by atoms with Crippen LogP contribution in [0.2, 0.25) is 0 Å². The van der Waals surface area contributed by atoms with E-state index in [4.69, 9.17) is 0 Å². The maximum Gasteiger partial charge on any atom is 0.271 e. The van der Waals surface area contributed by atoms with Crippen LogP contribution in [0.3, 0.4) is 0 Å². The molecule has 0 saturated carbocycles. The first-order valence-electron chi connectivity index (χ1n) is 8.45. The third kappa shape index (κ3) is 4.85. The molecule has 3 aromatic rings. The Hall–Kier alpha value is -3.87. The lowest BCUT2D eigenvalue weighted by atomic mass is 10.1. The van der Waals surface area contributed by atoms with E-state index in [-0.39, 0.29) is 11.5 Å². The molecule has 0 radical (unpaired) electrons. The van der Waals surface area contributed by atoms with E-state index >= 15 is 0 Å². The number of rotatable bonds is 5. The van der Waals surface area contributed by atoms with Crippen LogP contribution in [0.1, 0.15) is 33.2 Å². The van der Waals surface area contributed by atoms with E-state index in [2.05, 4.69) is 20.8 Å². The average molecular weight is 376 g/mol. The van der Waals surface area contributed by atoms with Crippen molar-refractivity contribution in [3.63, 3.8) is 0 Å². The summed E-state index contributed by atoms with van der Waals surface area (Å²) in [6, 6.07) is 15.7. The molecule has 0 aliphatic heterocycles. The highest BCUT2D eigenvalue weighted by Gasteiger charge is 2.08. The number of hydrazone groups is 1. The predicted molar refractivity (Wildman–Crippen MR) is 105 cm³/mol. The van der Waals surface area contributed by atoms with Crippen LogP contribution in [-0.4, -0.2) is 22.5 Å². The lowest BCUT2D eigenvalue weighted by molar-refractivity contribution is 0.0953. The highest BCUT2D eigenvalue weighted by Crippen LogP contribution is 2.13. The normalized spacial score (nSPS) is 11.0. The molecule has 0 fully saturated rings. The second-order valence-corrected chi connectivity index (χ2v) is 5.93. The number of hydrogen-bond donors (Lipinski definition) is 2. The number of benzene rings is 2. The smallest absolute Gasteiger partial charge is 0.271 e. The number of aromatic nitrogens is 1. The van der Waals surface area contributed by atoms with Gasteiger partial charge in [0.05, 0.1) is 11.3 Å². The van der Waals surface area contributed by atoms with E-state index in [0.717, 1.165) is 6.07 Å². The van der Waals surface area contributed by atoms with Crippen molar-refractivity contribution in [2.45, 2.75) is 6.92 Å². The van der Waals surface area contributed by atoms with Crippen molar-refractivity contribution >= 4 is 23.2 Å². The molecule has 140 valence electrons. The Labute approximate surface area is 161 Å². The summed E-state index contributed by atoms with van der Waals surface area (Å²) in [5.41, 5.74) is 4.84. The number of anilines is 1. The Morgan fingerprint density at radius 1 is 0.929 bits per heavy atom. The van der Waals surface area contributed by atoms with Crippen LogP contribution in [0, 0.1) is 5.82 Å². The SMILES string of the molecule is C/C(=N/NC(=O)c1cccc(F)c1)c1cccc(NC(=O)c2cccnc2)c1. The lowest BCUT2D eigenvalue weighted by Gasteiger charge is -2.08. The summed E-state index contributed by atoms with van der Waals surface area (Å²) in [5, 5.41) is 6.84. The number of carbonyl (C=O) groups excluding carboxylic acids is 2. The predicted octanol–water partition coefficient (Wildman–Crippen LogP) is 3.63. The number of halogens is 1. The van der Waals surface area contributed by atoms with Gasteiger partial charge in [0.2, 0.25) is 0 Å². The summed E-state index contributed by atoms with van der Waals surface area (Å²) in [5.74, 6) is -1.29. The maximum atomic E-state index is 13.2. The first-order chi connectivity index (χ1) is 13.5. The highest BCUT2D eigenvalue weighted by atomic mass is 19.1. The van der Waals surface area contributed by atoms with E-state index in [0.29, 0.717) is 22.5 Å². The van der Waals surface area contributed by atoms with Crippen molar-refractivity contribution in [1.29, 1.82) is 0 Å². The van der Waals surface area contributed by atoms with Crippen molar-refractivity contribution in [3.8, 4) is 0 Å². The van der Waals surface area contributed by atoms with E-state index in [1.807, 2.05) is 0 Å². The Balaban J connectivity index is 1.69. The summed E-state index contributed by atoms with van der Waals surface area (Å²) in [7, 11) is 0. The van der Waals surface area contributed by atoms with E-state index in [9.17, 15) is 14.0 Å². The van der Waals surface area contributed by atoms with Gasteiger partial charge in [-0.15, -0.1) is 0 Å². The fourth-order valence-corrected chi connectivity index (χ4v) is 2.42. The minimum Gasteiger partial charge on any atom is -0.322 e. The fraction of sp³-hybridized carbons (Fsp3) is 0.0476. The van der Waals surface area contributed by atoms with Gasteiger partial charge in [-0.1, -0.05) is 18.2 Å². The van der Waals surface area contributed by atoms with Gasteiger partial charge < -0.3 is 5.32 Å². The number of carbonyl (C=O) groups is 2. The van der Waals surface area contributed by atoms with Gasteiger partial charge in [0.15, 0.2) is 0 Å². The van der Waals surface area contributed by atoms with E-state index < -0.39 is 11.7 Å². The van der Waals surface area contributed by atoms with Crippen LogP contribution in [-0.2, 0) is 0 Å². The third-order valence-corrected chi connectivity index (χ3v) is 3.87. The zero-order chi connectivity index (χ0) is 19.9. The van der Waals surface area contributed by atoms with Gasteiger partial charge in [0.25, 0.3) is 11.8 Å². The first-order valence-corrected chi connectivity index (χ1v) is 8.45. The largest absolute Gasteiger partial charge is 0.322 e. The molecular weight excluding hydrogens is 359 g/mol. The molecule has 0 spiro atoms. The van der Waals surface area contributed by atoms with Crippen LogP contribution in [0.25, 0.3) is 0 Å². The molecule has 6 nitrogen and oxygen atoms in total. The molecule has 28 heavy (non-hydrogen) atoms. The van der Waals surface area contributed by atoms with Crippen molar-refractivity contribution in [1.82, 2.24) is 10.4 Å². The van der Waals surface area contributed by atoms with Gasteiger partial charge in [0.1, 0.15) is 5.82 Å². The third-order valence-electron chi connectivity index (χ3n) is 3.87. The van der Waals surface area contributed by atoms with Crippen LogP contribution in [0.15, 0.2) is 78.2 Å². The minimum absolute atomic E-state index is 0.175. The summed E-state index contributed by atoms with van der Waals surface area (Å²) in [6.07, 6.45) is 3.07. The van der Waals surface area contributed by atoms with Gasteiger partial charge in [0, 0.05) is 23.6 Å². The molecule has 0 saturated heterocycles. The molecule has 3 rings (SSSR count). The Morgan fingerprint density at radius 2 is 1.68 bits per heavy atom. The Kier molecular flexibility index (Phi) is 5.86. The van der Waals surface area contributed by atoms with Gasteiger partial charge in [-0.05, 0) is 55.0 Å². The van der Waals surface area contributed by atoms with Crippen molar-refractivity contribution in [2.24, 2.45) is 5.10 Å². The molecule has 0 bridgehead atoms. The molecule has 1 heterocycles. The summed E-state index contributed by atoms with van der Waals surface area (Å²) in [4.78, 5) is 28.2. The second-order valence-electron chi connectivity index (χ2n) is 5.93. The van der Waals surface area contributed by atoms with Gasteiger partial charge in [-0.25, -0.2) is 9.82 Å². The fourth-order valence-electron chi connectivity index (χ4n) is 2.42. The Morgan fingerprint density at radius 3 is 2.43 bits per heavy atom. The topological polar surface area (TPSA) is 83.5 Å². The second kappa shape index (κ2) is 8.68. The molecule has 7 heteroatoms. The molecule has 0 atom stereocenters. The van der Waals surface area contributed by atoms with E-state index in [1.165, 1.54) is 24.4 Å². The van der Waals surface area contributed by atoms with Crippen LogP contribution >= 0.6 is 0 Å². The number of nitrogens with one attached hydrogen (secondary N) is 2. The van der Waals surface area contributed by atoms with Crippen LogP contribution in [0.4, 0.5) is 10.1 Å². The van der Waals surface area contributed by atoms with Gasteiger partial charge in [-0.3, -0.25) is 14.6 Å². The standard InChI is InChI=1S/C21H17FN4O2/c1-14(25-26-21(28)16-6-2-8-18(22)11-16)15-5-3-9-19(12-15)24-20(27)17-7-4-10-23-13-17/h2-13H,1H3,(H,24,27)(H,26,28)/b25-14-. The lowest BCUT2D eigenvalue weighted by Crippen LogP contribution is -2.19. The molecule has 0 aliphatic carbocycles. The van der Waals surface area contributed by atoms with Crippen molar-refractivity contribution < 1.29 is 14.0 Å². The zero-order valence-corrected chi connectivity index (χ0v) is 15.0. The van der Waals surface area contributed by atoms with Gasteiger partial charge in [-0.2, -0.15) is 5.10 Å². The average Bonchev–Trinajstić information content (AvgIpc) is 2.72. The maximum absolute atomic E-state index is 13.2. The van der Waals surface area contributed by atoms with Crippen molar-refractivity contribution in [3.05, 3.63) is 95.6 Å². The summed E-state index contributed by atoms with van der Waals surface area (Å²) in [6.45, 7) is 1.72. The van der Waals surface area contributed by atoms with E-state index in [1.54, 1.807) is 49.5 Å². The quantitative estimate of drug-likeness (QED) is 0.527. The first kappa shape index (κ1) is 18.9. The zero-order valence-electron chi connectivity index (χ0n) is 15.0. The minimum atomic E-state index is -0.514. The number of pyridine rings is 1. The molecule has 0 unspecified atom stereocenters. The summed E-state index contributed by atoms with van der Waals surface area (Å²) >= 11 is 0. The van der Waals surface area contributed by atoms with Gasteiger partial charge >= 0.3 is 0 Å². The molecule has 2 amide bonds. The molecule has 2 N–H and O–H groups in total. The van der Waals surface area contributed by atoms with Crippen LogP contribution < -0.4 is 10.7 Å². The highest BCUT2D eigenvalue weighted by molar-refractivity contribution is 6.05. The Bertz CT molecular complexity index is 1040. The monoisotopic (exact) mass is 376 g/mol. The molecular formula is C21H17FN4O2. The number of hydrogen-bond acceptors (Lipinski definition) is 4. The number of amides is 2. The molecule has 2 aromatic carbocycles.